The van der Waals surface area contributed by atoms with Crippen LogP contribution in [0.4, 0.5) is 16.6 Å². The second kappa shape index (κ2) is 8.20. The molecule has 152 valence electrons. The van der Waals surface area contributed by atoms with E-state index in [4.69, 9.17) is 9.72 Å². The Morgan fingerprint density at radius 2 is 2.03 bits per heavy atom. The van der Waals surface area contributed by atoms with Crippen LogP contribution in [0.5, 0.6) is 0 Å². The largest absolute Gasteiger partial charge is 0.383 e. The molecule has 2 fully saturated rings. The topological polar surface area (TPSA) is 76.1 Å². The van der Waals surface area contributed by atoms with Gasteiger partial charge in [0.2, 0.25) is 5.13 Å². The number of ether oxygens (including phenoxy) is 1. The van der Waals surface area contributed by atoms with Crippen LogP contribution in [-0.2, 0) is 4.74 Å². The van der Waals surface area contributed by atoms with E-state index in [1.807, 2.05) is 18.3 Å². The Kier molecular flexibility index (Phi) is 5.28. The molecule has 1 aliphatic carbocycles. The highest BCUT2D eigenvalue weighted by Crippen LogP contribution is 2.37. The minimum absolute atomic E-state index is 0.413. The lowest BCUT2D eigenvalue weighted by Crippen LogP contribution is -2.32. The maximum Gasteiger partial charge on any atom is 0.211 e. The molecule has 0 spiro atoms. The van der Waals surface area contributed by atoms with Gasteiger partial charge in [0.25, 0.3) is 0 Å². The standard InChI is InChI=1S/C21H26N6OS/c1-28-13-15-7-4-10-27(15)16-11-18-17(22-12-16)8-9-19(23-18)24-21-26-25-20(29-21)14-5-2-3-6-14/h8-9,11-12,14-15H,2-7,10,13H2,1H3,(H,23,24,26)/t15-/m0/s1. The minimum atomic E-state index is 0.413. The van der Waals surface area contributed by atoms with Crippen molar-refractivity contribution in [2.24, 2.45) is 0 Å². The van der Waals surface area contributed by atoms with E-state index >= 15 is 0 Å². The summed E-state index contributed by atoms with van der Waals surface area (Å²) in [6, 6.07) is 6.50. The van der Waals surface area contributed by atoms with Gasteiger partial charge in [-0.15, -0.1) is 10.2 Å². The maximum absolute atomic E-state index is 5.39. The fraction of sp³-hybridized carbons (Fsp3) is 0.524. The van der Waals surface area contributed by atoms with Crippen molar-refractivity contribution in [3.05, 3.63) is 29.4 Å². The number of pyridine rings is 2. The molecule has 0 aromatic carbocycles. The first kappa shape index (κ1) is 18.7. The highest BCUT2D eigenvalue weighted by molar-refractivity contribution is 7.15. The first-order valence-corrected chi connectivity index (χ1v) is 11.2. The molecule has 4 heterocycles. The lowest BCUT2D eigenvalue weighted by atomic mass is 10.1. The van der Waals surface area contributed by atoms with E-state index in [0.29, 0.717) is 12.0 Å². The molecular formula is C21H26N6OS. The highest BCUT2D eigenvalue weighted by atomic mass is 32.1. The van der Waals surface area contributed by atoms with Gasteiger partial charge in [0.15, 0.2) is 0 Å². The lowest BCUT2D eigenvalue weighted by molar-refractivity contribution is 0.181. The van der Waals surface area contributed by atoms with Crippen molar-refractivity contribution in [1.29, 1.82) is 0 Å². The van der Waals surface area contributed by atoms with E-state index in [1.165, 1.54) is 32.1 Å². The van der Waals surface area contributed by atoms with Gasteiger partial charge >= 0.3 is 0 Å². The number of fused-ring (bicyclic) bond motifs is 1. The van der Waals surface area contributed by atoms with Crippen molar-refractivity contribution in [2.45, 2.75) is 50.5 Å². The molecule has 1 N–H and O–H groups in total. The minimum Gasteiger partial charge on any atom is -0.383 e. The van der Waals surface area contributed by atoms with E-state index in [-0.39, 0.29) is 0 Å². The molecule has 0 bridgehead atoms. The number of nitrogens with zero attached hydrogens (tertiary/aromatic N) is 5. The summed E-state index contributed by atoms with van der Waals surface area (Å²) >= 11 is 1.65. The second-order valence-electron chi connectivity index (χ2n) is 7.92. The zero-order valence-corrected chi connectivity index (χ0v) is 17.5. The zero-order valence-electron chi connectivity index (χ0n) is 16.7. The van der Waals surface area contributed by atoms with Gasteiger partial charge in [-0.05, 0) is 43.9 Å². The second-order valence-corrected chi connectivity index (χ2v) is 8.93. The van der Waals surface area contributed by atoms with Crippen molar-refractivity contribution >= 4 is 39.0 Å². The van der Waals surface area contributed by atoms with Crippen LogP contribution < -0.4 is 10.2 Å². The third kappa shape index (κ3) is 3.91. The molecule has 1 saturated heterocycles. The summed E-state index contributed by atoms with van der Waals surface area (Å²) in [6.45, 7) is 1.78. The van der Waals surface area contributed by atoms with Crippen molar-refractivity contribution in [1.82, 2.24) is 20.2 Å². The molecule has 5 rings (SSSR count). The van der Waals surface area contributed by atoms with E-state index < -0.39 is 0 Å². The third-order valence-electron chi connectivity index (χ3n) is 5.97. The normalized spacial score (nSPS) is 20.0. The predicted molar refractivity (Wildman–Crippen MR) is 116 cm³/mol. The van der Waals surface area contributed by atoms with Gasteiger partial charge in [0, 0.05) is 19.6 Å². The fourth-order valence-corrected chi connectivity index (χ4v) is 5.42. The van der Waals surface area contributed by atoms with Crippen molar-refractivity contribution in [3.8, 4) is 0 Å². The molecule has 0 radical (unpaired) electrons. The fourth-order valence-electron chi connectivity index (χ4n) is 4.50. The number of aromatic nitrogens is 4. The summed E-state index contributed by atoms with van der Waals surface area (Å²) in [5.41, 5.74) is 2.89. The molecule has 2 aliphatic rings. The van der Waals surface area contributed by atoms with Gasteiger partial charge in [0.05, 0.1) is 35.6 Å². The smallest absolute Gasteiger partial charge is 0.211 e. The van der Waals surface area contributed by atoms with Gasteiger partial charge in [-0.2, -0.15) is 0 Å². The molecule has 7 nitrogen and oxygen atoms in total. The molecule has 3 aromatic rings. The number of nitrogens with one attached hydrogen (secondary N) is 1. The maximum atomic E-state index is 5.39. The molecule has 1 atom stereocenters. The van der Waals surface area contributed by atoms with E-state index in [0.717, 1.165) is 52.3 Å². The van der Waals surface area contributed by atoms with Gasteiger partial charge in [-0.1, -0.05) is 24.2 Å². The highest BCUT2D eigenvalue weighted by Gasteiger charge is 2.25. The SMILES string of the molecule is COC[C@@H]1CCCN1c1cnc2ccc(Nc3nnc(C4CCCC4)s3)nc2c1. The van der Waals surface area contributed by atoms with Crippen molar-refractivity contribution in [2.75, 3.05) is 30.5 Å². The Balaban J connectivity index is 1.36. The van der Waals surface area contributed by atoms with E-state index in [2.05, 4.69) is 31.5 Å². The first-order chi connectivity index (χ1) is 14.3. The van der Waals surface area contributed by atoms with Crippen LogP contribution in [0.1, 0.15) is 49.5 Å². The summed E-state index contributed by atoms with van der Waals surface area (Å²) in [7, 11) is 1.76. The van der Waals surface area contributed by atoms with Crippen LogP contribution in [0, 0.1) is 0 Å². The molecule has 8 heteroatoms. The molecule has 1 aliphatic heterocycles. The molecule has 1 saturated carbocycles. The van der Waals surface area contributed by atoms with Gasteiger partial charge in [0.1, 0.15) is 10.8 Å². The van der Waals surface area contributed by atoms with Crippen LogP contribution in [0.25, 0.3) is 11.0 Å². The Morgan fingerprint density at radius 1 is 1.14 bits per heavy atom. The summed E-state index contributed by atoms with van der Waals surface area (Å²) in [6.07, 6.45) is 9.36. The van der Waals surface area contributed by atoms with Crippen molar-refractivity contribution in [3.63, 3.8) is 0 Å². The monoisotopic (exact) mass is 410 g/mol. The van der Waals surface area contributed by atoms with E-state index in [9.17, 15) is 0 Å². The Morgan fingerprint density at radius 3 is 2.90 bits per heavy atom. The van der Waals surface area contributed by atoms with Crippen molar-refractivity contribution < 1.29 is 4.74 Å². The van der Waals surface area contributed by atoms with Gasteiger partial charge in [-0.3, -0.25) is 4.98 Å². The summed E-state index contributed by atoms with van der Waals surface area (Å²) in [5, 5.41) is 14.0. The lowest BCUT2D eigenvalue weighted by Gasteiger charge is -2.26. The van der Waals surface area contributed by atoms with Gasteiger partial charge in [-0.25, -0.2) is 4.98 Å². The summed E-state index contributed by atoms with van der Waals surface area (Å²) < 4.78 is 5.39. The third-order valence-corrected chi connectivity index (χ3v) is 6.97. The molecule has 0 unspecified atom stereocenters. The number of hydrogen-bond donors (Lipinski definition) is 1. The van der Waals surface area contributed by atoms with Crippen LogP contribution in [-0.4, -0.2) is 46.5 Å². The van der Waals surface area contributed by atoms with Gasteiger partial charge < -0.3 is 15.0 Å². The summed E-state index contributed by atoms with van der Waals surface area (Å²) in [4.78, 5) is 11.8. The van der Waals surface area contributed by atoms with Crippen LogP contribution in [0.2, 0.25) is 0 Å². The molecular weight excluding hydrogens is 384 g/mol. The number of hydrogen-bond acceptors (Lipinski definition) is 8. The number of rotatable bonds is 6. The molecule has 3 aromatic heterocycles. The Labute approximate surface area is 174 Å². The quantitative estimate of drug-likeness (QED) is 0.641. The van der Waals surface area contributed by atoms with Crippen LogP contribution in [0.15, 0.2) is 24.4 Å². The van der Waals surface area contributed by atoms with Crippen LogP contribution in [0.3, 0.4) is 0 Å². The molecule has 29 heavy (non-hydrogen) atoms. The predicted octanol–water partition coefficient (Wildman–Crippen LogP) is 4.50. The zero-order chi connectivity index (χ0) is 19.6. The Bertz CT molecular complexity index is 986. The molecule has 0 amide bonds. The van der Waals surface area contributed by atoms with E-state index in [1.54, 1.807) is 18.4 Å². The number of methoxy groups -OCH3 is 1. The average Bonchev–Trinajstić information content (AvgIpc) is 3.49. The summed E-state index contributed by atoms with van der Waals surface area (Å²) in [5.74, 6) is 1.36. The Hall–Kier alpha value is -2.32. The number of anilines is 3. The first-order valence-electron chi connectivity index (χ1n) is 10.4. The average molecular weight is 411 g/mol. The van der Waals surface area contributed by atoms with Crippen LogP contribution >= 0.6 is 11.3 Å².